The topological polar surface area (TPSA) is 49.4 Å². The Labute approximate surface area is 169 Å². The van der Waals surface area contributed by atoms with Gasteiger partial charge in [-0.1, -0.05) is 6.92 Å². The van der Waals surface area contributed by atoms with Crippen LogP contribution in [0.1, 0.15) is 23.1 Å². The summed E-state index contributed by atoms with van der Waals surface area (Å²) in [7, 11) is 0. The standard InChI is InChI=1S/C17H12Br2N2O2S2/c1-2-7-21-15(9-4-6-11(19)25-9)13-12(17(21)23)14(20-16(13)22)8-3-5-10(18)24-8/h3-6H,2,7H2,1H3,(H,20,22). The maximum atomic E-state index is 13.1. The molecule has 0 fully saturated rings. The van der Waals surface area contributed by atoms with Crippen molar-refractivity contribution in [2.45, 2.75) is 13.3 Å². The third kappa shape index (κ3) is 2.75. The average molecular weight is 500 g/mol. The molecule has 0 unspecified atom stereocenters. The Balaban J connectivity index is 1.95. The highest BCUT2D eigenvalue weighted by Gasteiger charge is 2.45. The van der Waals surface area contributed by atoms with Crippen molar-refractivity contribution in [1.82, 2.24) is 10.2 Å². The van der Waals surface area contributed by atoms with Crippen molar-refractivity contribution in [2.75, 3.05) is 6.54 Å². The summed E-state index contributed by atoms with van der Waals surface area (Å²) < 4.78 is 1.93. The lowest BCUT2D eigenvalue weighted by atomic mass is 10.1. The first-order valence-corrected chi connectivity index (χ1v) is 10.9. The van der Waals surface area contributed by atoms with Crippen LogP contribution in [0.25, 0.3) is 11.4 Å². The molecular formula is C17H12Br2N2O2S2. The van der Waals surface area contributed by atoms with Crippen molar-refractivity contribution < 1.29 is 9.59 Å². The number of amides is 2. The van der Waals surface area contributed by atoms with Gasteiger partial charge in [0.1, 0.15) is 0 Å². The quantitative estimate of drug-likeness (QED) is 0.654. The zero-order valence-electron chi connectivity index (χ0n) is 13.1. The molecule has 4 heterocycles. The van der Waals surface area contributed by atoms with Gasteiger partial charge in [-0.25, -0.2) is 0 Å². The van der Waals surface area contributed by atoms with E-state index in [9.17, 15) is 9.59 Å². The predicted octanol–water partition coefficient (Wildman–Crippen LogP) is 4.84. The minimum absolute atomic E-state index is 0.103. The van der Waals surface area contributed by atoms with Crippen molar-refractivity contribution in [2.24, 2.45) is 0 Å². The van der Waals surface area contributed by atoms with Gasteiger partial charge in [-0.15, -0.1) is 22.7 Å². The maximum absolute atomic E-state index is 13.1. The molecule has 0 spiro atoms. The molecule has 128 valence electrons. The van der Waals surface area contributed by atoms with E-state index in [1.807, 2.05) is 31.2 Å². The predicted molar refractivity (Wildman–Crippen MR) is 108 cm³/mol. The molecular weight excluding hydrogens is 488 g/mol. The molecule has 25 heavy (non-hydrogen) atoms. The zero-order chi connectivity index (χ0) is 17.7. The van der Waals surface area contributed by atoms with Gasteiger partial charge in [0.05, 0.1) is 39.9 Å². The highest BCUT2D eigenvalue weighted by atomic mass is 79.9. The number of carbonyl (C=O) groups excluding carboxylic acids is 2. The van der Waals surface area contributed by atoms with E-state index in [4.69, 9.17) is 0 Å². The fourth-order valence-electron chi connectivity index (χ4n) is 3.06. The van der Waals surface area contributed by atoms with Gasteiger partial charge < -0.3 is 10.2 Å². The van der Waals surface area contributed by atoms with Gasteiger partial charge in [0.25, 0.3) is 11.8 Å². The molecule has 0 aliphatic carbocycles. The number of fused-ring (bicyclic) bond motifs is 1. The summed E-state index contributed by atoms with van der Waals surface area (Å²) in [5, 5.41) is 2.90. The highest BCUT2D eigenvalue weighted by molar-refractivity contribution is 9.11. The first kappa shape index (κ1) is 17.2. The molecule has 4 rings (SSSR count). The Kier molecular flexibility index (Phi) is 4.47. The van der Waals surface area contributed by atoms with Gasteiger partial charge in [-0.05, 0) is 62.5 Å². The lowest BCUT2D eigenvalue weighted by Gasteiger charge is -2.19. The highest BCUT2D eigenvalue weighted by Crippen LogP contribution is 2.45. The maximum Gasteiger partial charge on any atom is 0.261 e. The molecule has 4 nitrogen and oxygen atoms in total. The SMILES string of the molecule is CCCN1C(=O)C2=C(c3ccc(Br)s3)NC(=O)C2=C1c1ccc(Br)s1. The molecule has 0 saturated heterocycles. The van der Waals surface area contributed by atoms with Crippen LogP contribution in [0.4, 0.5) is 0 Å². The first-order valence-electron chi connectivity index (χ1n) is 7.64. The van der Waals surface area contributed by atoms with E-state index in [0.717, 1.165) is 29.4 Å². The van der Waals surface area contributed by atoms with Gasteiger partial charge in [0.15, 0.2) is 0 Å². The number of nitrogens with one attached hydrogen (secondary N) is 1. The zero-order valence-corrected chi connectivity index (χ0v) is 17.9. The molecule has 0 aromatic carbocycles. The molecule has 0 radical (unpaired) electrons. The van der Waals surface area contributed by atoms with E-state index in [1.54, 1.807) is 4.90 Å². The summed E-state index contributed by atoms with van der Waals surface area (Å²) in [6, 6.07) is 7.72. The van der Waals surface area contributed by atoms with Crippen LogP contribution in [0.3, 0.4) is 0 Å². The van der Waals surface area contributed by atoms with Crippen molar-refractivity contribution in [3.8, 4) is 0 Å². The van der Waals surface area contributed by atoms with Crippen LogP contribution in [-0.4, -0.2) is 23.3 Å². The average Bonchev–Trinajstić information content (AvgIpc) is 3.30. The second-order valence-corrected chi connectivity index (χ2v) is 10.5. The number of thiophene rings is 2. The van der Waals surface area contributed by atoms with Crippen molar-refractivity contribution >= 4 is 77.7 Å². The van der Waals surface area contributed by atoms with Gasteiger partial charge >= 0.3 is 0 Å². The summed E-state index contributed by atoms with van der Waals surface area (Å²) in [6.07, 6.45) is 0.823. The minimum atomic E-state index is -0.207. The van der Waals surface area contributed by atoms with E-state index in [1.165, 1.54) is 22.7 Å². The first-order chi connectivity index (χ1) is 12.0. The van der Waals surface area contributed by atoms with Gasteiger partial charge in [0.2, 0.25) is 0 Å². The minimum Gasteiger partial charge on any atom is -0.320 e. The van der Waals surface area contributed by atoms with Crippen LogP contribution < -0.4 is 5.32 Å². The second kappa shape index (κ2) is 6.50. The Hall–Kier alpha value is -1.22. The monoisotopic (exact) mass is 498 g/mol. The fraction of sp³-hybridized carbons (Fsp3) is 0.176. The number of hydrogen-bond donors (Lipinski definition) is 1. The molecule has 2 aliphatic heterocycles. The molecule has 2 aromatic heterocycles. The van der Waals surface area contributed by atoms with Crippen molar-refractivity contribution in [1.29, 1.82) is 0 Å². The van der Waals surface area contributed by atoms with Crippen LogP contribution in [0.5, 0.6) is 0 Å². The normalized spacial score (nSPS) is 17.0. The van der Waals surface area contributed by atoms with Crippen LogP contribution >= 0.6 is 54.5 Å². The lowest BCUT2D eigenvalue weighted by Crippen LogP contribution is -2.27. The van der Waals surface area contributed by atoms with E-state index in [0.29, 0.717) is 23.4 Å². The molecule has 0 atom stereocenters. The summed E-state index contributed by atoms with van der Waals surface area (Å²) in [4.78, 5) is 29.4. The molecule has 2 aromatic rings. The molecule has 8 heteroatoms. The number of halogens is 2. The Bertz CT molecular complexity index is 971. The number of rotatable bonds is 4. The Morgan fingerprint density at radius 1 is 1.00 bits per heavy atom. The van der Waals surface area contributed by atoms with E-state index in [2.05, 4.69) is 37.2 Å². The molecule has 0 saturated carbocycles. The Morgan fingerprint density at radius 2 is 1.64 bits per heavy atom. The van der Waals surface area contributed by atoms with Crippen LogP contribution in [-0.2, 0) is 9.59 Å². The van der Waals surface area contributed by atoms with Crippen LogP contribution in [0.2, 0.25) is 0 Å². The summed E-state index contributed by atoms with van der Waals surface area (Å²) in [5.74, 6) is -0.310. The van der Waals surface area contributed by atoms with Gasteiger partial charge in [0, 0.05) is 6.54 Å². The fourth-order valence-corrected chi connectivity index (χ4v) is 5.90. The summed E-state index contributed by atoms with van der Waals surface area (Å²) >= 11 is 9.94. The van der Waals surface area contributed by atoms with E-state index < -0.39 is 0 Å². The molecule has 2 aliphatic rings. The third-order valence-electron chi connectivity index (χ3n) is 4.00. The van der Waals surface area contributed by atoms with E-state index >= 15 is 0 Å². The van der Waals surface area contributed by atoms with Crippen molar-refractivity contribution in [3.05, 3.63) is 52.7 Å². The van der Waals surface area contributed by atoms with Gasteiger partial charge in [-0.3, -0.25) is 9.59 Å². The van der Waals surface area contributed by atoms with Gasteiger partial charge in [-0.2, -0.15) is 0 Å². The van der Waals surface area contributed by atoms with Crippen LogP contribution in [0.15, 0.2) is 43.0 Å². The summed E-state index contributed by atoms with van der Waals surface area (Å²) in [6.45, 7) is 2.62. The molecule has 1 N–H and O–H groups in total. The smallest absolute Gasteiger partial charge is 0.261 e. The van der Waals surface area contributed by atoms with Crippen LogP contribution in [0, 0.1) is 0 Å². The lowest BCUT2D eigenvalue weighted by molar-refractivity contribution is -0.123. The van der Waals surface area contributed by atoms with E-state index in [-0.39, 0.29) is 11.8 Å². The summed E-state index contributed by atoms with van der Waals surface area (Å²) in [5.41, 5.74) is 2.33. The number of carbonyl (C=O) groups is 2. The number of hydrogen-bond acceptors (Lipinski definition) is 4. The Morgan fingerprint density at radius 3 is 2.20 bits per heavy atom. The number of nitrogens with zero attached hydrogens (tertiary/aromatic N) is 1. The van der Waals surface area contributed by atoms with Crippen molar-refractivity contribution in [3.63, 3.8) is 0 Å². The molecule has 0 bridgehead atoms. The second-order valence-electron chi connectivity index (χ2n) is 5.59. The molecule has 2 amide bonds. The third-order valence-corrected chi connectivity index (χ3v) is 7.28. The largest absolute Gasteiger partial charge is 0.320 e.